The molecule has 2 aliphatic rings. The Morgan fingerprint density at radius 1 is 1.00 bits per heavy atom. The molecule has 144 valence electrons. The average molecular weight is 378 g/mol. The summed E-state index contributed by atoms with van der Waals surface area (Å²) in [4.78, 5) is 2.35. The molecule has 0 spiro atoms. The summed E-state index contributed by atoms with van der Waals surface area (Å²) in [5.41, 5.74) is 3.26. The minimum absolute atomic E-state index is 0.0158. The molecule has 2 aromatic rings. The van der Waals surface area contributed by atoms with Gasteiger partial charge in [-0.2, -0.15) is 0 Å². The summed E-state index contributed by atoms with van der Waals surface area (Å²) in [5, 5.41) is 3.34. The first-order chi connectivity index (χ1) is 13.0. The summed E-state index contributed by atoms with van der Waals surface area (Å²) in [6.07, 6.45) is -3.80. The van der Waals surface area contributed by atoms with Gasteiger partial charge in [0.2, 0.25) is 0 Å². The number of halogens is 3. The number of benzene rings is 2. The van der Waals surface area contributed by atoms with Crippen LogP contribution in [0.4, 0.5) is 13.2 Å². The van der Waals surface area contributed by atoms with E-state index in [4.69, 9.17) is 4.74 Å². The fourth-order valence-electron chi connectivity index (χ4n) is 3.78. The molecule has 2 aliphatic heterocycles. The zero-order valence-corrected chi connectivity index (χ0v) is 14.8. The highest BCUT2D eigenvalue weighted by atomic mass is 19.4. The maximum atomic E-state index is 12.4. The van der Waals surface area contributed by atoms with Crippen molar-refractivity contribution < 1.29 is 22.6 Å². The van der Waals surface area contributed by atoms with Crippen molar-refractivity contribution in [1.82, 2.24) is 10.2 Å². The summed E-state index contributed by atoms with van der Waals surface area (Å²) in [6.45, 7) is 4.22. The summed E-state index contributed by atoms with van der Waals surface area (Å²) in [7, 11) is 0. The topological polar surface area (TPSA) is 33.7 Å². The molecule has 7 heteroatoms. The highest BCUT2D eigenvalue weighted by Crippen LogP contribution is 2.35. The van der Waals surface area contributed by atoms with Gasteiger partial charge in [-0.15, -0.1) is 13.2 Å². The third-order valence-corrected chi connectivity index (χ3v) is 4.98. The average Bonchev–Trinajstić information content (AvgIpc) is 3.11. The van der Waals surface area contributed by atoms with E-state index in [1.807, 2.05) is 6.07 Å². The van der Waals surface area contributed by atoms with E-state index in [2.05, 4.69) is 27.1 Å². The van der Waals surface area contributed by atoms with Crippen molar-refractivity contribution in [3.8, 4) is 11.5 Å². The first-order valence-corrected chi connectivity index (χ1v) is 9.06. The third-order valence-electron chi connectivity index (χ3n) is 4.98. The molecule has 0 saturated carbocycles. The van der Waals surface area contributed by atoms with Gasteiger partial charge in [-0.1, -0.05) is 24.3 Å². The lowest BCUT2D eigenvalue weighted by Gasteiger charge is -2.35. The van der Waals surface area contributed by atoms with E-state index in [1.165, 1.54) is 17.7 Å². The molecule has 0 unspecified atom stereocenters. The predicted octanol–water partition coefficient (Wildman–Crippen LogP) is 3.51. The van der Waals surface area contributed by atoms with Gasteiger partial charge in [0.1, 0.15) is 11.5 Å². The first-order valence-electron chi connectivity index (χ1n) is 9.06. The molecular formula is C20H21F3N2O2. The molecule has 1 fully saturated rings. The monoisotopic (exact) mass is 378 g/mol. The van der Waals surface area contributed by atoms with E-state index < -0.39 is 6.36 Å². The minimum Gasteiger partial charge on any atom is -0.493 e. The molecule has 4 nitrogen and oxygen atoms in total. The summed E-state index contributed by atoms with van der Waals surface area (Å²) in [6, 6.07) is 12.4. The number of piperazine rings is 1. The van der Waals surface area contributed by atoms with Crippen molar-refractivity contribution in [1.29, 1.82) is 0 Å². The number of nitrogens with one attached hydrogen (secondary N) is 1. The van der Waals surface area contributed by atoms with Crippen LogP contribution in [0.15, 0.2) is 42.5 Å². The standard InChI is InChI=1S/C20H21F3N2O2/c21-20(22,23)27-17-4-1-14(2-5-17)19(25-10-8-24-9-11-25)16-3-6-18-15(13-16)7-12-26-18/h1-6,13,19,24H,7-12H2/t19-/m0/s1. The Morgan fingerprint density at radius 3 is 2.41 bits per heavy atom. The van der Waals surface area contributed by atoms with Gasteiger partial charge >= 0.3 is 6.36 Å². The van der Waals surface area contributed by atoms with E-state index in [9.17, 15) is 13.2 Å². The van der Waals surface area contributed by atoms with E-state index in [0.29, 0.717) is 6.61 Å². The van der Waals surface area contributed by atoms with Crippen molar-refractivity contribution in [2.45, 2.75) is 18.8 Å². The van der Waals surface area contributed by atoms with Gasteiger partial charge in [-0.3, -0.25) is 4.90 Å². The molecule has 0 amide bonds. The number of hydrogen-bond acceptors (Lipinski definition) is 4. The maximum absolute atomic E-state index is 12.4. The van der Waals surface area contributed by atoms with Crippen LogP contribution in [-0.2, 0) is 6.42 Å². The smallest absolute Gasteiger partial charge is 0.493 e. The molecule has 0 aliphatic carbocycles. The van der Waals surface area contributed by atoms with Crippen LogP contribution >= 0.6 is 0 Å². The van der Waals surface area contributed by atoms with Gasteiger partial charge < -0.3 is 14.8 Å². The van der Waals surface area contributed by atoms with Crippen LogP contribution < -0.4 is 14.8 Å². The Morgan fingerprint density at radius 2 is 1.70 bits per heavy atom. The summed E-state index contributed by atoms with van der Waals surface area (Å²) >= 11 is 0. The van der Waals surface area contributed by atoms with Crippen LogP contribution in [0.5, 0.6) is 11.5 Å². The molecule has 4 rings (SSSR count). The third kappa shape index (κ3) is 4.20. The van der Waals surface area contributed by atoms with Crippen LogP contribution in [0.1, 0.15) is 22.7 Å². The Labute approximate surface area is 155 Å². The Kier molecular flexibility index (Phi) is 4.97. The fourth-order valence-corrected chi connectivity index (χ4v) is 3.78. The molecule has 1 N–H and O–H groups in total. The quantitative estimate of drug-likeness (QED) is 0.883. The van der Waals surface area contributed by atoms with E-state index in [1.54, 1.807) is 12.1 Å². The second kappa shape index (κ2) is 7.40. The lowest BCUT2D eigenvalue weighted by Crippen LogP contribution is -2.45. The zero-order chi connectivity index (χ0) is 18.9. The van der Waals surface area contributed by atoms with Crippen molar-refractivity contribution in [3.63, 3.8) is 0 Å². The minimum atomic E-state index is -4.68. The van der Waals surface area contributed by atoms with Crippen molar-refractivity contribution in [3.05, 3.63) is 59.2 Å². The van der Waals surface area contributed by atoms with Gasteiger partial charge in [0.15, 0.2) is 0 Å². The number of hydrogen-bond donors (Lipinski definition) is 1. The molecule has 1 atom stereocenters. The second-order valence-corrected chi connectivity index (χ2v) is 6.77. The van der Waals surface area contributed by atoms with Gasteiger partial charge in [-0.25, -0.2) is 0 Å². The second-order valence-electron chi connectivity index (χ2n) is 6.77. The number of rotatable bonds is 4. The lowest BCUT2D eigenvalue weighted by atomic mass is 9.94. The fraction of sp³-hybridized carbons (Fsp3) is 0.400. The van der Waals surface area contributed by atoms with E-state index in [-0.39, 0.29) is 11.8 Å². The van der Waals surface area contributed by atoms with Gasteiger partial charge in [-0.05, 0) is 34.9 Å². The van der Waals surface area contributed by atoms with Gasteiger partial charge in [0.25, 0.3) is 0 Å². The first kappa shape index (κ1) is 18.1. The van der Waals surface area contributed by atoms with Crippen LogP contribution in [0.25, 0.3) is 0 Å². The van der Waals surface area contributed by atoms with Crippen LogP contribution in [0, 0.1) is 0 Å². The lowest BCUT2D eigenvalue weighted by molar-refractivity contribution is -0.274. The zero-order valence-electron chi connectivity index (χ0n) is 14.8. The van der Waals surface area contributed by atoms with Crippen LogP contribution in [0.2, 0.25) is 0 Å². The number of alkyl halides is 3. The van der Waals surface area contributed by atoms with E-state index >= 15 is 0 Å². The largest absolute Gasteiger partial charge is 0.573 e. The normalized spacial score (nSPS) is 18.6. The van der Waals surface area contributed by atoms with E-state index in [0.717, 1.165) is 49.5 Å². The van der Waals surface area contributed by atoms with Crippen molar-refractivity contribution in [2.75, 3.05) is 32.8 Å². The molecular weight excluding hydrogens is 357 g/mol. The highest BCUT2D eigenvalue weighted by Gasteiger charge is 2.31. The molecule has 2 heterocycles. The van der Waals surface area contributed by atoms with Crippen molar-refractivity contribution >= 4 is 0 Å². The van der Waals surface area contributed by atoms with Crippen molar-refractivity contribution in [2.24, 2.45) is 0 Å². The van der Waals surface area contributed by atoms with Crippen LogP contribution in [0.3, 0.4) is 0 Å². The number of ether oxygens (including phenoxy) is 2. The summed E-state index contributed by atoms with van der Waals surface area (Å²) < 4.78 is 46.9. The predicted molar refractivity (Wildman–Crippen MR) is 95.1 cm³/mol. The number of nitrogens with zero attached hydrogens (tertiary/aromatic N) is 1. The molecule has 0 radical (unpaired) electrons. The van der Waals surface area contributed by atoms with Crippen LogP contribution in [-0.4, -0.2) is 44.0 Å². The Bertz CT molecular complexity index is 787. The molecule has 0 bridgehead atoms. The molecule has 27 heavy (non-hydrogen) atoms. The molecule has 1 saturated heterocycles. The molecule has 2 aromatic carbocycles. The Hall–Kier alpha value is -2.25. The van der Waals surface area contributed by atoms with Gasteiger partial charge in [0, 0.05) is 32.6 Å². The Balaban J connectivity index is 1.65. The maximum Gasteiger partial charge on any atom is 0.573 e. The molecule has 0 aromatic heterocycles. The highest BCUT2D eigenvalue weighted by molar-refractivity contribution is 5.44. The number of fused-ring (bicyclic) bond motifs is 1. The van der Waals surface area contributed by atoms with Gasteiger partial charge in [0.05, 0.1) is 12.6 Å². The summed E-state index contributed by atoms with van der Waals surface area (Å²) in [5.74, 6) is 0.722. The SMILES string of the molecule is FC(F)(F)Oc1ccc([C@@H](c2ccc3c(c2)CCO3)N2CCNCC2)cc1.